The van der Waals surface area contributed by atoms with Crippen molar-refractivity contribution in [2.75, 3.05) is 18.8 Å². The summed E-state index contributed by atoms with van der Waals surface area (Å²) in [7, 11) is 0. The lowest BCUT2D eigenvalue weighted by Crippen LogP contribution is -2.32. The number of hydrogen-bond acceptors (Lipinski definition) is 5. The van der Waals surface area contributed by atoms with E-state index in [0.29, 0.717) is 13.1 Å². The molecule has 8 heteroatoms. The molecule has 1 atom stereocenters. The number of nitro groups is 1. The van der Waals surface area contributed by atoms with E-state index in [1.807, 2.05) is 0 Å². The van der Waals surface area contributed by atoms with Crippen LogP contribution in [0.4, 0.5) is 11.4 Å². The van der Waals surface area contributed by atoms with Gasteiger partial charge in [0, 0.05) is 25.2 Å². The van der Waals surface area contributed by atoms with Gasteiger partial charge in [0.25, 0.3) is 11.6 Å². The summed E-state index contributed by atoms with van der Waals surface area (Å²) < 4.78 is 0. The van der Waals surface area contributed by atoms with E-state index >= 15 is 0 Å². The molecular formula is C11H15ClN4O3. The molecule has 1 heterocycles. The highest BCUT2D eigenvalue weighted by molar-refractivity contribution is 6.01. The average molecular weight is 287 g/mol. The van der Waals surface area contributed by atoms with Crippen molar-refractivity contribution in [3.05, 3.63) is 33.9 Å². The lowest BCUT2D eigenvalue weighted by Gasteiger charge is -2.16. The fourth-order valence-corrected chi connectivity index (χ4v) is 2.04. The predicted octanol–water partition coefficient (Wildman–Crippen LogP) is 0.772. The minimum absolute atomic E-state index is 0. The van der Waals surface area contributed by atoms with Crippen molar-refractivity contribution >= 4 is 29.7 Å². The molecular weight excluding hydrogens is 272 g/mol. The van der Waals surface area contributed by atoms with Crippen molar-refractivity contribution in [1.82, 2.24) is 4.90 Å². The molecule has 0 aliphatic carbocycles. The molecule has 0 bridgehead atoms. The van der Waals surface area contributed by atoms with Gasteiger partial charge in [0.2, 0.25) is 0 Å². The zero-order valence-electron chi connectivity index (χ0n) is 10.1. The van der Waals surface area contributed by atoms with Crippen LogP contribution in [0.15, 0.2) is 18.2 Å². The van der Waals surface area contributed by atoms with Crippen molar-refractivity contribution in [1.29, 1.82) is 0 Å². The standard InChI is InChI=1S/C11H14N4O3.ClH/c12-7-4-5-14(6-7)11(16)8-2-1-3-9(10(8)13)15(17)18;/h1-3,7H,4-6,12-13H2;1H/t7-;/m1./s1. The maximum Gasteiger partial charge on any atom is 0.292 e. The highest BCUT2D eigenvalue weighted by Crippen LogP contribution is 2.26. The second-order valence-corrected chi connectivity index (χ2v) is 4.30. The fourth-order valence-electron chi connectivity index (χ4n) is 2.04. The third-order valence-corrected chi connectivity index (χ3v) is 3.02. The predicted molar refractivity (Wildman–Crippen MR) is 73.3 cm³/mol. The van der Waals surface area contributed by atoms with Crippen LogP contribution in [0.25, 0.3) is 0 Å². The van der Waals surface area contributed by atoms with Crippen molar-refractivity contribution < 1.29 is 9.72 Å². The molecule has 0 radical (unpaired) electrons. The van der Waals surface area contributed by atoms with Crippen molar-refractivity contribution in [2.45, 2.75) is 12.5 Å². The minimum atomic E-state index is -0.595. The van der Waals surface area contributed by atoms with E-state index in [1.165, 1.54) is 18.2 Å². The molecule has 0 saturated carbocycles. The van der Waals surface area contributed by atoms with Crippen molar-refractivity contribution in [2.24, 2.45) is 5.73 Å². The Balaban J connectivity index is 0.00000180. The van der Waals surface area contributed by atoms with Crippen LogP contribution < -0.4 is 11.5 Å². The zero-order chi connectivity index (χ0) is 13.3. The Bertz CT molecular complexity index is 509. The van der Waals surface area contributed by atoms with Crippen LogP contribution in [-0.4, -0.2) is 34.9 Å². The summed E-state index contributed by atoms with van der Waals surface area (Å²) in [5, 5.41) is 10.8. The van der Waals surface area contributed by atoms with Gasteiger partial charge in [0.1, 0.15) is 5.69 Å². The number of rotatable bonds is 2. The summed E-state index contributed by atoms with van der Waals surface area (Å²) in [6, 6.07) is 4.20. The van der Waals surface area contributed by atoms with Crippen LogP contribution in [0, 0.1) is 10.1 Å². The maximum atomic E-state index is 12.2. The van der Waals surface area contributed by atoms with Gasteiger partial charge in [-0.15, -0.1) is 12.4 Å². The number of nitro benzene ring substituents is 1. The molecule has 1 aliphatic heterocycles. The Kier molecular flexibility index (Phi) is 4.68. The number of benzene rings is 1. The Labute approximate surface area is 116 Å². The molecule has 0 spiro atoms. The van der Waals surface area contributed by atoms with E-state index in [9.17, 15) is 14.9 Å². The smallest absolute Gasteiger partial charge is 0.292 e. The van der Waals surface area contributed by atoms with Gasteiger partial charge < -0.3 is 16.4 Å². The molecule has 1 aromatic carbocycles. The first kappa shape index (κ1) is 15.2. The van der Waals surface area contributed by atoms with Crippen LogP contribution in [0.1, 0.15) is 16.8 Å². The molecule has 1 saturated heterocycles. The summed E-state index contributed by atoms with van der Waals surface area (Å²) in [4.78, 5) is 23.9. The second-order valence-electron chi connectivity index (χ2n) is 4.30. The SMILES string of the molecule is Cl.Nc1c(C(=O)N2CC[C@@H](N)C2)cccc1[N+](=O)[O-]. The summed E-state index contributed by atoms with van der Waals surface area (Å²) in [5.74, 6) is -0.302. The monoisotopic (exact) mass is 286 g/mol. The number of carbonyl (C=O) groups is 1. The maximum absolute atomic E-state index is 12.2. The minimum Gasteiger partial charge on any atom is -0.393 e. The summed E-state index contributed by atoms with van der Waals surface area (Å²) in [6.07, 6.45) is 0.737. The van der Waals surface area contributed by atoms with Gasteiger partial charge in [-0.05, 0) is 12.5 Å². The molecule has 104 valence electrons. The summed E-state index contributed by atoms with van der Waals surface area (Å²) in [6.45, 7) is 1.02. The number of hydrogen-bond donors (Lipinski definition) is 2. The Morgan fingerprint density at radius 3 is 2.68 bits per heavy atom. The van der Waals surface area contributed by atoms with Gasteiger partial charge in [-0.25, -0.2) is 0 Å². The first-order valence-electron chi connectivity index (χ1n) is 5.58. The number of para-hydroxylation sites is 1. The van der Waals surface area contributed by atoms with Gasteiger partial charge in [-0.3, -0.25) is 14.9 Å². The first-order chi connectivity index (χ1) is 8.50. The number of nitrogen functional groups attached to an aromatic ring is 1. The molecule has 4 N–H and O–H groups in total. The fraction of sp³-hybridized carbons (Fsp3) is 0.364. The van der Waals surface area contributed by atoms with E-state index in [1.54, 1.807) is 4.90 Å². The van der Waals surface area contributed by atoms with Crippen molar-refractivity contribution in [3.8, 4) is 0 Å². The van der Waals surface area contributed by atoms with E-state index in [2.05, 4.69) is 0 Å². The van der Waals surface area contributed by atoms with Crippen LogP contribution in [-0.2, 0) is 0 Å². The van der Waals surface area contributed by atoms with Crippen LogP contribution >= 0.6 is 12.4 Å². The van der Waals surface area contributed by atoms with E-state index in [-0.39, 0.29) is 41.3 Å². The van der Waals surface area contributed by atoms with Crippen LogP contribution in [0.3, 0.4) is 0 Å². The molecule has 0 aromatic heterocycles. The molecule has 19 heavy (non-hydrogen) atoms. The van der Waals surface area contributed by atoms with Crippen LogP contribution in [0.2, 0.25) is 0 Å². The highest BCUT2D eigenvalue weighted by atomic mass is 35.5. The lowest BCUT2D eigenvalue weighted by atomic mass is 10.1. The molecule has 2 rings (SSSR count). The first-order valence-corrected chi connectivity index (χ1v) is 5.58. The third-order valence-electron chi connectivity index (χ3n) is 3.02. The number of nitrogens with zero attached hydrogens (tertiary/aromatic N) is 2. The summed E-state index contributed by atoms with van der Waals surface area (Å²) >= 11 is 0. The molecule has 1 fully saturated rings. The number of halogens is 1. The number of carbonyl (C=O) groups excluding carboxylic acids is 1. The quantitative estimate of drug-likeness (QED) is 0.473. The molecule has 1 aromatic rings. The molecule has 1 aliphatic rings. The zero-order valence-corrected chi connectivity index (χ0v) is 10.9. The topological polar surface area (TPSA) is 115 Å². The van der Waals surface area contributed by atoms with Crippen LogP contribution in [0.5, 0.6) is 0 Å². The van der Waals surface area contributed by atoms with Gasteiger partial charge in [-0.1, -0.05) is 6.07 Å². The molecule has 1 amide bonds. The largest absolute Gasteiger partial charge is 0.393 e. The van der Waals surface area contributed by atoms with E-state index in [0.717, 1.165) is 6.42 Å². The van der Waals surface area contributed by atoms with Crippen molar-refractivity contribution in [3.63, 3.8) is 0 Å². The third kappa shape index (κ3) is 2.94. The second kappa shape index (κ2) is 5.85. The normalized spacial score (nSPS) is 17.9. The summed E-state index contributed by atoms with van der Waals surface area (Å²) in [5.41, 5.74) is 11.2. The number of likely N-dealkylation sites (tertiary alicyclic amines) is 1. The molecule has 7 nitrogen and oxygen atoms in total. The van der Waals surface area contributed by atoms with Gasteiger partial charge in [0.05, 0.1) is 10.5 Å². The van der Waals surface area contributed by atoms with Gasteiger partial charge in [-0.2, -0.15) is 0 Å². The highest BCUT2D eigenvalue weighted by Gasteiger charge is 2.27. The van der Waals surface area contributed by atoms with Gasteiger partial charge in [0.15, 0.2) is 0 Å². The van der Waals surface area contributed by atoms with Gasteiger partial charge >= 0.3 is 0 Å². The Hall–Kier alpha value is -1.86. The number of anilines is 1. The number of nitrogens with two attached hydrogens (primary N) is 2. The molecule has 0 unspecified atom stereocenters. The average Bonchev–Trinajstić information content (AvgIpc) is 2.75. The van der Waals surface area contributed by atoms with E-state index < -0.39 is 4.92 Å². The Morgan fingerprint density at radius 2 is 2.16 bits per heavy atom. The lowest BCUT2D eigenvalue weighted by molar-refractivity contribution is -0.383. The Morgan fingerprint density at radius 1 is 1.47 bits per heavy atom. The number of amides is 1. The van der Waals surface area contributed by atoms with E-state index in [4.69, 9.17) is 11.5 Å².